The van der Waals surface area contributed by atoms with E-state index in [1.54, 1.807) is 0 Å². The summed E-state index contributed by atoms with van der Waals surface area (Å²) in [6.07, 6.45) is 68.2. The van der Waals surface area contributed by atoms with Gasteiger partial charge < -0.3 is 20.6 Å². The second kappa shape index (κ2) is 53.4. The second-order valence-corrected chi connectivity index (χ2v) is 19.8. The van der Waals surface area contributed by atoms with Gasteiger partial charge in [-0.25, -0.2) is 0 Å². The molecule has 0 aliphatic rings. The number of nitrogens with one attached hydrogen (secondary N) is 1. The standard InChI is InChI=1S/C58H113NO4/c1-3-5-7-9-11-13-15-16-17-18-19-20-21-22-23-24-25-26-27-28-29-30-31-32-33-34-35-36-37-38-39-40-41-42-43-45-47-49-51-53-57(62)59-55(54-60)58(63)56(61)52-50-48-46-44-14-12-10-8-6-4-2/h8,10,44,46,55-56,58,60-61,63H,3-7,9,11-43,45,47-54H2,1-2H3,(H,59,62)/b10-8+,46-44+. The smallest absolute Gasteiger partial charge is 0.220 e. The molecule has 0 rings (SSSR count). The summed E-state index contributed by atoms with van der Waals surface area (Å²) in [5, 5.41) is 33.4. The van der Waals surface area contributed by atoms with E-state index in [0.717, 1.165) is 51.4 Å². The zero-order valence-electron chi connectivity index (χ0n) is 42.7. The van der Waals surface area contributed by atoms with E-state index in [-0.39, 0.29) is 12.5 Å². The fourth-order valence-corrected chi connectivity index (χ4v) is 9.13. The van der Waals surface area contributed by atoms with Crippen LogP contribution >= 0.6 is 0 Å². The Hall–Kier alpha value is -1.17. The second-order valence-electron chi connectivity index (χ2n) is 19.8. The first-order valence-corrected chi connectivity index (χ1v) is 28.6. The predicted molar refractivity (Wildman–Crippen MR) is 278 cm³/mol. The highest BCUT2D eigenvalue weighted by Crippen LogP contribution is 2.18. The van der Waals surface area contributed by atoms with E-state index in [9.17, 15) is 20.1 Å². The molecule has 1 amide bonds. The van der Waals surface area contributed by atoms with Gasteiger partial charge in [-0.2, -0.15) is 0 Å². The third kappa shape index (κ3) is 48.6. The molecule has 0 saturated heterocycles. The first-order valence-electron chi connectivity index (χ1n) is 28.6. The van der Waals surface area contributed by atoms with Gasteiger partial charge in [-0.15, -0.1) is 0 Å². The van der Waals surface area contributed by atoms with Gasteiger partial charge in [-0.05, 0) is 44.9 Å². The van der Waals surface area contributed by atoms with Crippen molar-refractivity contribution < 1.29 is 20.1 Å². The highest BCUT2D eigenvalue weighted by atomic mass is 16.3. The molecule has 374 valence electrons. The van der Waals surface area contributed by atoms with Crippen LogP contribution in [0.2, 0.25) is 0 Å². The van der Waals surface area contributed by atoms with E-state index >= 15 is 0 Å². The third-order valence-corrected chi connectivity index (χ3v) is 13.5. The van der Waals surface area contributed by atoms with Crippen molar-refractivity contribution in [2.75, 3.05) is 6.61 Å². The number of hydrogen-bond acceptors (Lipinski definition) is 4. The Balaban J connectivity index is 3.37. The molecule has 3 atom stereocenters. The number of aliphatic hydroxyl groups is 3. The van der Waals surface area contributed by atoms with Crippen molar-refractivity contribution in [1.29, 1.82) is 0 Å². The topological polar surface area (TPSA) is 89.8 Å². The maximum atomic E-state index is 12.4. The number of carbonyl (C=O) groups is 1. The molecule has 0 bridgehead atoms. The Morgan fingerprint density at radius 1 is 0.381 bits per heavy atom. The molecule has 0 heterocycles. The molecule has 5 nitrogen and oxygen atoms in total. The monoisotopic (exact) mass is 888 g/mol. The zero-order valence-corrected chi connectivity index (χ0v) is 42.7. The number of unbranched alkanes of at least 4 members (excludes halogenated alkanes) is 41. The molecule has 0 saturated carbocycles. The van der Waals surface area contributed by atoms with Crippen LogP contribution < -0.4 is 5.32 Å². The molecular formula is C58H113NO4. The molecule has 0 aromatic carbocycles. The predicted octanol–water partition coefficient (Wildman–Crippen LogP) is 17.7. The van der Waals surface area contributed by atoms with Crippen LogP contribution in [-0.4, -0.2) is 46.1 Å². The van der Waals surface area contributed by atoms with Crippen LogP contribution in [0, 0.1) is 0 Å². The fraction of sp³-hybridized carbons (Fsp3) is 0.914. The first-order chi connectivity index (χ1) is 31.1. The molecule has 5 heteroatoms. The lowest BCUT2D eigenvalue weighted by Crippen LogP contribution is -2.50. The molecule has 63 heavy (non-hydrogen) atoms. The third-order valence-electron chi connectivity index (χ3n) is 13.5. The highest BCUT2D eigenvalue weighted by Gasteiger charge is 2.26. The Kier molecular flexibility index (Phi) is 52.5. The minimum atomic E-state index is -1.16. The summed E-state index contributed by atoms with van der Waals surface area (Å²) in [7, 11) is 0. The number of hydrogen-bond donors (Lipinski definition) is 4. The Bertz CT molecular complexity index is 936. The Morgan fingerprint density at radius 2 is 0.667 bits per heavy atom. The van der Waals surface area contributed by atoms with Gasteiger partial charge in [0.25, 0.3) is 0 Å². The quantitative estimate of drug-likeness (QED) is 0.0362. The molecule has 0 aliphatic heterocycles. The largest absolute Gasteiger partial charge is 0.394 e. The van der Waals surface area contributed by atoms with Gasteiger partial charge in [0.1, 0.15) is 6.10 Å². The first kappa shape index (κ1) is 61.8. The summed E-state index contributed by atoms with van der Waals surface area (Å²) in [5.74, 6) is -0.155. The Morgan fingerprint density at radius 3 is 0.968 bits per heavy atom. The van der Waals surface area contributed by atoms with E-state index in [2.05, 4.69) is 43.5 Å². The zero-order chi connectivity index (χ0) is 45.8. The molecule has 0 radical (unpaired) electrons. The minimum absolute atomic E-state index is 0.155. The average molecular weight is 889 g/mol. The number of amides is 1. The molecule has 0 aromatic rings. The molecule has 0 aromatic heterocycles. The van der Waals surface area contributed by atoms with Crippen LogP contribution in [0.5, 0.6) is 0 Å². The van der Waals surface area contributed by atoms with Crippen molar-refractivity contribution >= 4 is 5.91 Å². The van der Waals surface area contributed by atoms with Crippen LogP contribution in [0.3, 0.4) is 0 Å². The van der Waals surface area contributed by atoms with Crippen LogP contribution in [-0.2, 0) is 4.79 Å². The van der Waals surface area contributed by atoms with E-state index < -0.39 is 18.2 Å². The van der Waals surface area contributed by atoms with Crippen molar-refractivity contribution in [2.24, 2.45) is 0 Å². The summed E-state index contributed by atoms with van der Waals surface area (Å²) >= 11 is 0. The van der Waals surface area contributed by atoms with E-state index in [0.29, 0.717) is 12.8 Å². The van der Waals surface area contributed by atoms with Crippen LogP contribution in [0.4, 0.5) is 0 Å². The summed E-state index contributed by atoms with van der Waals surface area (Å²) in [4.78, 5) is 12.4. The summed E-state index contributed by atoms with van der Waals surface area (Å²) in [6, 6.07) is -0.828. The van der Waals surface area contributed by atoms with Gasteiger partial charge >= 0.3 is 0 Å². The molecule has 0 fully saturated rings. The van der Waals surface area contributed by atoms with Crippen molar-refractivity contribution in [3.63, 3.8) is 0 Å². The van der Waals surface area contributed by atoms with Crippen molar-refractivity contribution in [2.45, 2.75) is 334 Å². The molecule has 0 aliphatic carbocycles. The average Bonchev–Trinajstić information content (AvgIpc) is 3.29. The minimum Gasteiger partial charge on any atom is -0.394 e. The van der Waals surface area contributed by atoms with Gasteiger partial charge in [-0.1, -0.05) is 289 Å². The SMILES string of the molecule is CCC/C=C/CC/C=C/CCCC(O)C(O)C(CO)NC(=O)CCCCCCCCCCCCCCCCCCCCCCCCCCCCCCCCCCCCCCCCC. The molecular weight excluding hydrogens is 775 g/mol. The maximum Gasteiger partial charge on any atom is 0.220 e. The highest BCUT2D eigenvalue weighted by molar-refractivity contribution is 5.76. The van der Waals surface area contributed by atoms with Gasteiger partial charge in [0.2, 0.25) is 5.91 Å². The van der Waals surface area contributed by atoms with Crippen molar-refractivity contribution in [1.82, 2.24) is 5.32 Å². The summed E-state index contributed by atoms with van der Waals surface area (Å²) < 4.78 is 0. The Labute approximate surface area is 394 Å². The van der Waals surface area contributed by atoms with Gasteiger partial charge in [0, 0.05) is 6.42 Å². The summed E-state index contributed by atoms with van der Waals surface area (Å²) in [6.45, 7) is 4.11. The molecule has 4 N–H and O–H groups in total. The molecule has 0 spiro atoms. The lowest BCUT2D eigenvalue weighted by atomic mass is 10.0. The van der Waals surface area contributed by atoms with E-state index in [1.165, 1.54) is 238 Å². The van der Waals surface area contributed by atoms with Crippen LogP contribution in [0.15, 0.2) is 24.3 Å². The number of rotatable bonds is 53. The van der Waals surface area contributed by atoms with Gasteiger partial charge in [0.15, 0.2) is 0 Å². The van der Waals surface area contributed by atoms with Crippen LogP contribution in [0.25, 0.3) is 0 Å². The number of allylic oxidation sites excluding steroid dienone is 4. The van der Waals surface area contributed by atoms with Crippen LogP contribution in [0.1, 0.15) is 316 Å². The fourth-order valence-electron chi connectivity index (χ4n) is 9.13. The van der Waals surface area contributed by atoms with Gasteiger partial charge in [0.05, 0.1) is 18.8 Å². The van der Waals surface area contributed by atoms with E-state index in [4.69, 9.17) is 0 Å². The van der Waals surface area contributed by atoms with Crippen molar-refractivity contribution in [3.8, 4) is 0 Å². The number of aliphatic hydroxyl groups excluding tert-OH is 3. The van der Waals surface area contributed by atoms with Gasteiger partial charge in [-0.3, -0.25) is 4.79 Å². The summed E-state index contributed by atoms with van der Waals surface area (Å²) in [5.41, 5.74) is 0. The lowest BCUT2D eigenvalue weighted by molar-refractivity contribution is -0.124. The number of carbonyl (C=O) groups excluding carboxylic acids is 1. The van der Waals surface area contributed by atoms with E-state index in [1.807, 2.05) is 0 Å². The lowest BCUT2D eigenvalue weighted by Gasteiger charge is -2.26. The van der Waals surface area contributed by atoms with Crippen molar-refractivity contribution in [3.05, 3.63) is 24.3 Å². The normalized spacial score (nSPS) is 13.4. The maximum absolute atomic E-state index is 12.4. The molecule has 3 unspecified atom stereocenters.